The normalized spacial score (nSPS) is 18.5. The van der Waals surface area contributed by atoms with Crippen molar-refractivity contribution < 1.29 is 14.6 Å². The van der Waals surface area contributed by atoms with Crippen molar-refractivity contribution >= 4 is 17.2 Å². The predicted molar refractivity (Wildman–Crippen MR) is 88.4 cm³/mol. The fraction of sp³-hybridized carbons (Fsp3) is 0.688. The van der Waals surface area contributed by atoms with Crippen LogP contribution < -0.4 is 0 Å². The first-order chi connectivity index (χ1) is 10.3. The van der Waals surface area contributed by atoms with Gasteiger partial charge in [-0.1, -0.05) is 6.07 Å². The second kappa shape index (κ2) is 7.55. The number of carbonyl (C=O) groups is 1. The molecule has 0 aromatic carbocycles. The molecular formula is C16H26N2O3S. The molecule has 1 amide bonds. The molecule has 0 bridgehead atoms. The summed E-state index contributed by atoms with van der Waals surface area (Å²) in [5.41, 5.74) is -0.229. The van der Waals surface area contributed by atoms with Gasteiger partial charge in [-0.25, -0.2) is 0 Å². The van der Waals surface area contributed by atoms with Crippen LogP contribution in [0.4, 0.5) is 0 Å². The highest BCUT2D eigenvalue weighted by Crippen LogP contribution is 2.14. The smallest absolute Gasteiger partial charge is 0.264 e. The summed E-state index contributed by atoms with van der Waals surface area (Å²) in [4.78, 5) is 17.1. The molecule has 6 heteroatoms. The van der Waals surface area contributed by atoms with Crippen LogP contribution in [-0.4, -0.2) is 71.8 Å². The molecule has 1 fully saturated rings. The van der Waals surface area contributed by atoms with E-state index in [0.29, 0.717) is 26.2 Å². The fourth-order valence-corrected chi connectivity index (χ4v) is 3.08. The Kier molecular flexibility index (Phi) is 5.97. The van der Waals surface area contributed by atoms with Crippen molar-refractivity contribution in [1.82, 2.24) is 9.80 Å². The third-order valence-corrected chi connectivity index (χ3v) is 4.43. The zero-order valence-corrected chi connectivity index (χ0v) is 14.4. The molecule has 0 aliphatic carbocycles. The van der Waals surface area contributed by atoms with Crippen LogP contribution in [0.3, 0.4) is 0 Å². The molecule has 1 aromatic rings. The quantitative estimate of drug-likeness (QED) is 0.894. The zero-order chi connectivity index (χ0) is 16.2. The molecule has 5 nitrogen and oxygen atoms in total. The molecule has 1 N–H and O–H groups in total. The molecule has 2 heterocycles. The van der Waals surface area contributed by atoms with E-state index in [4.69, 9.17) is 4.74 Å². The van der Waals surface area contributed by atoms with Crippen molar-refractivity contribution in [3.05, 3.63) is 22.4 Å². The lowest BCUT2D eigenvalue weighted by molar-refractivity contribution is -0.0581. The average Bonchev–Trinajstić information content (AvgIpc) is 2.99. The van der Waals surface area contributed by atoms with Crippen LogP contribution in [0.25, 0.3) is 0 Å². The van der Waals surface area contributed by atoms with Crippen LogP contribution in [0.1, 0.15) is 30.4 Å². The maximum absolute atomic E-state index is 12.3. The van der Waals surface area contributed by atoms with Gasteiger partial charge in [0, 0.05) is 32.7 Å². The van der Waals surface area contributed by atoms with Gasteiger partial charge in [-0.05, 0) is 32.2 Å². The Balaban J connectivity index is 1.72. The average molecular weight is 326 g/mol. The minimum Gasteiger partial charge on any atom is -0.389 e. The van der Waals surface area contributed by atoms with Crippen LogP contribution >= 0.6 is 11.3 Å². The Morgan fingerprint density at radius 1 is 1.36 bits per heavy atom. The Hall–Kier alpha value is -0.950. The number of nitrogens with zero attached hydrogens (tertiary/aromatic N) is 2. The predicted octanol–water partition coefficient (Wildman–Crippen LogP) is 1.68. The van der Waals surface area contributed by atoms with Gasteiger partial charge in [0.15, 0.2) is 0 Å². The van der Waals surface area contributed by atoms with Gasteiger partial charge in [0.05, 0.1) is 23.2 Å². The highest BCUT2D eigenvalue weighted by atomic mass is 32.1. The van der Waals surface area contributed by atoms with E-state index in [1.165, 1.54) is 11.3 Å². The summed E-state index contributed by atoms with van der Waals surface area (Å²) in [6.45, 7) is 9.90. The van der Waals surface area contributed by atoms with Crippen LogP contribution in [-0.2, 0) is 4.74 Å². The molecule has 1 atom stereocenters. The van der Waals surface area contributed by atoms with Gasteiger partial charge in [0.1, 0.15) is 0 Å². The highest BCUT2D eigenvalue weighted by molar-refractivity contribution is 7.12. The number of aliphatic hydroxyl groups is 1. The Labute approximate surface area is 136 Å². The first-order valence-electron chi connectivity index (χ1n) is 7.72. The summed E-state index contributed by atoms with van der Waals surface area (Å²) in [5, 5.41) is 12.0. The third kappa shape index (κ3) is 5.35. The van der Waals surface area contributed by atoms with E-state index >= 15 is 0 Å². The van der Waals surface area contributed by atoms with Crippen molar-refractivity contribution in [2.75, 3.05) is 39.3 Å². The first-order valence-corrected chi connectivity index (χ1v) is 8.60. The van der Waals surface area contributed by atoms with Crippen LogP contribution in [0.15, 0.2) is 17.5 Å². The van der Waals surface area contributed by atoms with Gasteiger partial charge < -0.3 is 14.7 Å². The van der Waals surface area contributed by atoms with Gasteiger partial charge in [-0.15, -0.1) is 11.3 Å². The number of aliphatic hydroxyl groups excluding tert-OH is 1. The lowest BCUT2D eigenvalue weighted by Crippen LogP contribution is -2.50. The van der Waals surface area contributed by atoms with Gasteiger partial charge in [0.25, 0.3) is 5.91 Å². The van der Waals surface area contributed by atoms with Crippen LogP contribution in [0.2, 0.25) is 0 Å². The molecule has 2 rings (SSSR count). The van der Waals surface area contributed by atoms with Crippen molar-refractivity contribution in [3.63, 3.8) is 0 Å². The van der Waals surface area contributed by atoms with Gasteiger partial charge >= 0.3 is 0 Å². The van der Waals surface area contributed by atoms with Gasteiger partial charge in [-0.3, -0.25) is 9.69 Å². The third-order valence-electron chi connectivity index (χ3n) is 3.57. The lowest BCUT2D eigenvalue weighted by Gasteiger charge is -2.35. The number of hydrogen-bond donors (Lipinski definition) is 1. The molecule has 1 unspecified atom stereocenters. The lowest BCUT2D eigenvalue weighted by atomic mass is 10.2. The number of β-amino-alcohol motifs (C(OH)–C–C–N with tert-alkyl or cyclic N) is 1. The SMILES string of the molecule is CC(C)(C)OCC(O)CN1CCN(C(=O)c2cccs2)CC1. The first kappa shape index (κ1) is 17.4. The molecule has 124 valence electrons. The summed E-state index contributed by atoms with van der Waals surface area (Å²) < 4.78 is 5.60. The van der Waals surface area contributed by atoms with E-state index in [2.05, 4.69) is 4.90 Å². The monoisotopic (exact) mass is 326 g/mol. The summed E-state index contributed by atoms with van der Waals surface area (Å²) in [7, 11) is 0. The van der Waals surface area contributed by atoms with E-state index in [1.807, 2.05) is 43.2 Å². The van der Waals surface area contributed by atoms with E-state index in [0.717, 1.165) is 18.0 Å². The molecule has 1 aliphatic rings. The van der Waals surface area contributed by atoms with Crippen molar-refractivity contribution in [2.45, 2.75) is 32.5 Å². The van der Waals surface area contributed by atoms with Crippen molar-refractivity contribution in [2.24, 2.45) is 0 Å². The second-order valence-electron chi connectivity index (χ2n) is 6.65. The van der Waals surface area contributed by atoms with E-state index in [1.54, 1.807) is 0 Å². The van der Waals surface area contributed by atoms with Crippen molar-refractivity contribution in [3.8, 4) is 0 Å². The Morgan fingerprint density at radius 2 is 2.05 bits per heavy atom. The largest absolute Gasteiger partial charge is 0.389 e. The van der Waals surface area contributed by atoms with Crippen LogP contribution in [0, 0.1) is 0 Å². The molecule has 1 saturated heterocycles. The van der Waals surface area contributed by atoms with E-state index in [-0.39, 0.29) is 11.5 Å². The number of rotatable bonds is 5. The number of carbonyl (C=O) groups excluding carboxylic acids is 1. The maximum atomic E-state index is 12.3. The Bertz CT molecular complexity index is 462. The van der Waals surface area contributed by atoms with Crippen LogP contribution in [0.5, 0.6) is 0 Å². The summed E-state index contributed by atoms with van der Waals surface area (Å²) in [6.07, 6.45) is -0.487. The molecule has 1 aliphatic heterocycles. The van der Waals surface area contributed by atoms with E-state index < -0.39 is 6.10 Å². The summed E-state index contributed by atoms with van der Waals surface area (Å²) in [6, 6.07) is 3.77. The highest BCUT2D eigenvalue weighted by Gasteiger charge is 2.24. The number of ether oxygens (including phenoxy) is 1. The topological polar surface area (TPSA) is 53.0 Å². The molecule has 22 heavy (non-hydrogen) atoms. The standard InChI is InChI=1S/C16H26N2O3S/c1-16(2,3)21-12-13(19)11-17-6-8-18(9-7-17)15(20)14-5-4-10-22-14/h4-5,10,13,19H,6-9,11-12H2,1-3H3. The molecule has 1 aromatic heterocycles. The zero-order valence-electron chi connectivity index (χ0n) is 13.6. The van der Waals surface area contributed by atoms with Gasteiger partial charge in [-0.2, -0.15) is 0 Å². The molecule has 0 radical (unpaired) electrons. The molecule has 0 saturated carbocycles. The minimum atomic E-state index is -0.487. The number of hydrogen-bond acceptors (Lipinski definition) is 5. The molecule has 0 spiro atoms. The second-order valence-corrected chi connectivity index (χ2v) is 7.60. The number of piperazine rings is 1. The van der Waals surface area contributed by atoms with Crippen molar-refractivity contribution in [1.29, 1.82) is 0 Å². The van der Waals surface area contributed by atoms with Gasteiger partial charge in [0.2, 0.25) is 0 Å². The fourth-order valence-electron chi connectivity index (χ4n) is 2.39. The number of amides is 1. The minimum absolute atomic E-state index is 0.117. The maximum Gasteiger partial charge on any atom is 0.264 e. The summed E-state index contributed by atoms with van der Waals surface area (Å²) in [5.74, 6) is 0.117. The Morgan fingerprint density at radius 3 is 2.59 bits per heavy atom. The number of thiophene rings is 1. The summed E-state index contributed by atoms with van der Waals surface area (Å²) >= 11 is 1.48. The van der Waals surface area contributed by atoms with E-state index in [9.17, 15) is 9.90 Å². The molecular weight excluding hydrogens is 300 g/mol.